The first-order chi connectivity index (χ1) is 5.74. The lowest BCUT2D eigenvalue weighted by Crippen LogP contribution is -2.00. The fourth-order valence-corrected chi connectivity index (χ4v) is 1.12. The van der Waals surface area contributed by atoms with Crippen molar-refractivity contribution in [1.82, 2.24) is 9.97 Å². The van der Waals surface area contributed by atoms with Gasteiger partial charge in [-0.05, 0) is 25.3 Å². The van der Waals surface area contributed by atoms with E-state index < -0.39 is 0 Å². The summed E-state index contributed by atoms with van der Waals surface area (Å²) in [6.45, 7) is 4.15. The predicted molar refractivity (Wildman–Crippen MR) is 49.8 cm³/mol. The molecule has 1 heterocycles. The van der Waals surface area contributed by atoms with E-state index in [1.165, 1.54) is 18.4 Å². The monoisotopic (exact) mass is 165 g/mol. The van der Waals surface area contributed by atoms with Crippen LogP contribution in [0, 0.1) is 6.92 Å². The summed E-state index contributed by atoms with van der Waals surface area (Å²) < 4.78 is 0. The summed E-state index contributed by atoms with van der Waals surface area (Å²) in [5, 5.41) is 0. The van der Waals surface area contributed by atoms with Crippen molar-refractivity contribution in [2.45, 2.75) is 33.1 Å². The van der Waals surface area contributed by atoms with Gasteiger partial charge in [0.1, 0.15) is 0 Å². The molecule has 0 unspecified atom stereocenters. The molecule has 0 aliphatic heterocycles. The molecule has 0 saturated heterocycles. The van der Waals surface area contributed by atoms with Crippen molar-refractivity contribution in [3.05, 3.63) is 17.5 Å². The van der Waals surface area contributed by atoms with Crippen molar-refractivity contribution in [3.8, 4) is 0 Å². The van der Waals surface area contributed by atoms with Crippen LogP contribution in [-0.2, 0) is 6.42 Å². The van der Waals surface area contributed by atoms with E-state index in [-0.39, 0.29) is 0 Å². The normalized spacial score (nSPS) is 10.2. The first-order valence-corrected chi connectivity index (χ1v) is 4.32. The van der Waals surface area contributed by atoms with Crippen molar-refractivity contribution >= 4 is 5.95 Å². The molecule has 2 N–H and O–H groups in total. The van der Waals surface area contributed by atoms with Gasteiger partial charge in [-0.25, -0.2) is 9.97 Å². The van der Waals surface area contributed by atoms with Gasteiger partial charge in [-0.1, -0.05) is 13.3 Å². The van der Waals surface area contributed by atoms with Crippen LogP contribution in [0.15, 0.2) is 6.20 Å². The lowest BCUT2D eigenvalue weighted by molar-refractivity contribution is 0.782. The minimum absolute atomic E-state index is 0.368. The number of unbranched alkanes of at least 4 members (excludes halogenated alkanes) is 1. The Kier molecular flexibility index (Phi) is 3.02. The van der Waals surface area contributed by atoms with Crippen molar-refractivity contribution < 1.29 is 0 Å². The highest BCUT2D eigenvalue weighted by Crippen LogP contribution is 2.08. The second kappa shape index (κ2) is 4.04. The summed E-state index contributed by atoms with van der Waals surface area (Å²) in [6.07, 6.45) is 5.27. The van der Waals surface area contributed by atoms with Crippen molar-refractivity contribution in [1.29, 1.82) is 0 Å². The van der Waals surface area contributed by atoms with Gasteiger partial charge >= 0.3 is 0 Å². The Balaban J connectivity index is 2.72. The lowest BCUT2D eigenvalue weighted by atomic mass is 10.1. The van der Waals surface area contributed by atoms with E-state index in [0.29, 0.717) is 5.95 Å². The number of nitrogens with zero attached hydrogens (tertiary/aromatic N) is 2. The Morgan fingerprint density at radius 3 is 2.83 bits per heavy atom. The number of hydrogen-bond acceptors (Lipinski definition) is 3. The Morgan fingerprint density at radius 2 is 2.25 bits per heavy atom. The van der Waals surface area contributed by atoms with Crippen molar-refractivity contribution in [2.24, 2.45) is 0 Å². The molecular weight excluding hydrogens is 150 g/mol. The third-order valence-corrected chi connectivity index (χ3v) is 1.90. The van der Waals surface area contributed by atoms with E-state index in [9.17, 15) is 0 Å². The first kappa shape index (κ1) is 8.97. The van der Waals surface area contributed by atoms with Crippen LogP contribution in [0.25, 0.3) is 0 Å². The van der Waals surface area contributed by atoms with E-state index >= 15 is 0 Å². The van der Waals surface area contributed by atoms with Gasteiger partial charge in [-0.2, -0.15) is 0 Å². The maximum absolute atomic E-state index is 5.43. The van der Waals surface area contributed by atoms with Crippen molar-refractivity contribution in [2.75, 3.05) is 5.73 Å². The number of aromatic nitrogens is 2. The molecule has 0 aliphatic carbocycles. The van der Waals surface area contributed by atoms with Gasteiger partial charge < -0.3 is 5.73 Å². The summed E-state index contributed by atoms with van der Waals surface area (Å²) in [6, 6.07) is 0. The lowest BCUT2D eigenvalue weighted by Gasteiger charge is -2.03. The van der Waals surface area contributed by atoms with Gasteiger partial charge in [0, 0.05) is 11.9 Å². The molecule has 0 aliphatic rings. The van der Waals surface area contributed by atoms with Gasteiger partial charge in [0.2, 0.25) is 5.95 Å². The topological polar surface area (TPSA) is 51.8 Å². The molecule has 1 aromatic heterocycles. The summed E-state index contributed by atoms with van der Waals surface area (Å²) in [5.74, 6) is 0.368. The molecule has 0 amide bonds. The largest absolute Gasteiger partial charge is 0.368 e. The van der Waals surface area contributed by atoms with E-state index in [1.54, 1.807) is 0 Å². The number of rotatable bonds is 3. The van der Waals surface area contributed by atoms with E-state index in [4.69, 9.17) is 5.73 Å². The van der Waals surface area contributed by atoms with Gasteiger partial charge in [0.05, 0.1) is 0 Å². The Morgan fingerprint density at radius 1 is 1.50 bits per heavy atom. The van der Waals surface area contributed by atoms with Gasteiger partial charge in [-0.3, -0.25) is 0 Å². The molecule has 0 bridgehead atoms. The molecule has 0 radical (unpaired) electrons. The smallest absolute Gasteiger partial charge is 0.220 e. The molecular formula is C9H15N3. The second-order valence-electron chi connectivity index (χ2n) is 2.94. The molecule has 3 nitrogen and oxygen atoms in total. The molecule has 66 valence electrons. The number of anilines is 1. The molecule has 1 aromatic rings. The van der Waals surface area contributed by atoms with Crippen LogP contribution in [0.1, 0.15) is 31.0 Å². The average molecular weight is 165 g/mol. The van der Waals surface area contributed by atoms with E-state index in [1.807, 2.05) is 13.1 Å². The second-order valence-corrected chi connectivity index (χ2v) is 2.94. The van der Waals surface area contributed by atoms with Crippen LogP contribution in [-0.4, -0.2) is 9.97 Å². The highest BCUT2D eigenvalue weighted by molar-refractivity contribution is 5.24. The number of aryl methyl sites for hydroxylation is 2. The number of nitrogens with two attached hydrogens (primary N) is 1. The van der Waals surface area contributed by atoms with Crippen LogP contribution >= 0.6 is 0 Å². The minimum Gasteiger partial charge on any atom is -0.368 e. The molecule has 1 rings (SSSR count). The highest BCUT2D eigenvalue weighted by Gasteiger charge is 1.99. The van der Waals surface area contributed by atoms with Crippen LogP contribution in [0.4, 0.5) is 5.95 Å². The SMILES string of the molecule is CCCCc1cnc(N)nc1C. The highest BCUT2D eigenvalue weighted by atomic mass is 15.0. The summed E-state index contributed by atoms with van der Waals surface area (Å²) in [5.41, 5.74) is 7.66. The quantitative estimate of drug-likeness (QED) is 0.741. The predicted octanol–water partition coefficient (Wildman–Crippen LogP) is 1.71. The van der Waals surface area contributed by atoms with Crippen molar-refractivity contribution in [3.63, 3.8) is 0 Å². The summed E-state index contributed by atoms with van der Waals surface area (Å²) in [7, 11) is 0. The molecule has 0 aromatic carbocycles. The maximum atomic E-state index is 5.43. The fraction of sp³-hybridized carbons (Fsp3) is 0.556. The minimum atomic E-state index is 0.368. The molecule has 0 fully saturated rings. The molecule has 0 saturated carbocycles. The zero-order valence-electron chi connectivity index (χ0n) is 7.67. The number of hydrogen-bond donors (Lipinski definition) is 1. The maximum Gasteiger partial charge on any atom is 0.220 e. The van der Waals surface area contributed by atoms with Crippen LogP contribution in [0.3, 0.4) is 0 Å². The average Bonchev–Trinajstić information content (AvgIpc) is 2.03. The molecule has 12 heavy (non-hydrogen) atoms. The Labute approximate surface area is 73.0 Å². The van der Waals surface area contributed by atoms with E-state index in [0.717, 1.165) is 12.1 Å². The fourth-order valence-electron chi connectivity index (χ4n) is 1.12. The Bertz CT molecular complexity index is 258. The molecule has 0 spiro atoms. The standard InChI is InChI=1S/C9H15N3/c1-3-4-5-8-6-11-9(10)12-7(8)2/h6H,3-5H2,1-2H3,(H2,10,11,12). The van der Waals surface area contributed by atoms with Gasteiger partial charge in [0.25, 0.3) is 0 Å². The van der Waals surface area contributed by atoms with E-state index in [2.05, 4.69) is 16.9 Å². The Hall–Kier alpha value is -1.12. The number of nitrogen functional groups attached to an aromatic ring is 1. The van der Waals surface area contributed by atoms with Gasteiger partial charge in [0.15, 0.2) is 0 Å². The molecule has 3 heteroatoms. The zero-order valence-corrected chi connectivity index (χ0v) is 7.67. The first-order valence-electron chi connectivity index (χ1n) is 4.32. The van der Waals surface area contributed by atoms with Crippen LogP contribution < -0.4 is 5.73 Å². The zero-order chi connectivity index (χ0) is 8.97. The van der Waals surface area contributed by atoms with Crippen LogP contribution in [0.5, 0.6) is 0 Å². The third kappa shape index (κ3) is 2.19. The van der Waals surface area contributed by atoms with Gasteiger partial charge in [-0.15, -0.1) is 0 Å². The third-order valence-electron chi connectivity index (χ3n) is 1.90. The summed E-state index contributed by atoms with van der Waals surface area (Å²) in [4.78, 5) is 8.05. The molecule has 0 atom stereocenters. The van der Waals surface area contributed by atoms with Crippen LogP contribution in [0.2, 0.25) is 0 Å². The summed E-state index contributed by atoms with van der Waals surface area (Å²) >= 11 is 0.